The molecular weight excluding hydrogens is 208 g/mol. The average molecular weight is 220 g/mol. The zero-order chi connectivity index (χ0) is 10.7. The van der Waals surface area contributed by atoms with E-state index in [9.17, 15) is 5.11 Å². The number of rotatable bonds is 3. The van der Waals surface area contributed by atoms with Gasteiger partial charge in [-0.25, -0.2) is 4.98 Å². The van der Waals surface area contributed by atoms with E-state index in [0.29, 0.717) is 6.42 Å². The molecule has 2 aromatic rings. The molecule has 0 fully saturated rings. The minimum atomic E-state index is -0.313. The van der Waals surface area contributed by atoms with Crippen LogP contribution in [0.15, 0.2) is 30.7 Å². The van der Waals surface area contributed by atoms with Gasteiger partial charge in [0.1, 0.15) is 5.01 Å². The zero-order valence-corrected chi connectivity index (χ0v) is 9.24. The summed E-state index contributed by atoms with van der Waals surface area (Å²) in [4.78, 5) is 9.46. The highest BCUT2D eigenvalue weighted by molar-refractivity contribution is 7.15. The molecule has 0 aromatic carbocycles. The number of nitrogens with zero attached hydrogens (tertiary/aromatic N) is 2. The molecule has 1 atom stereocenters. The Morgan fingerprint density at radius 1 is 1.47 bits per heavy atom. The van der Waals surface area contributed by atoms with Crippen molar-refractivity contribution in [1.29, 1.82) is 0 Å². The van der Waals surface area contributed by atoms with Crippen molar-refractivity contribution in [2.45, 2.75) is 19.4 Å². The predicted octanol–water partition coefficient (Wildman–Crippen LogP) is 2.13. The van der Waals surface area contributed by atoms with E-state index in [2.05, 4.69) is 9.97 Å². The van der Waals surface area contributed by atoms with Gasteiger partial charge in [0.15, 0.2) is 0 Å². The topological polar surface area (TPSA) is 46.0 Å². The highest BCUT2D eigenvalue weighted by Crippen LogP contribution is 2.24. The number of aromatic nitrogens is 2. The van der Waals surface area contributed by atoms with Gasteiger partial charge in [0, 0.05) is 35.5 Å². The molecule has 0 amide bonds. The van der Waals surface area contributed by atoms with Gasteiger partial charge in [-0.05, 0) is 19.1 Å². The van der Waals surface area contributed by atoms with Gasteiger partial charge in [-0.3, -0.25) is 4.98 Å². The van der Waals surface area contributed by atoms with Crippen molar-refractivity contribution in [2.24, 2.45) is 0 Å². The van der Waals surface area contributed by atoms with E-state index in [1.54, 1.807) is 30.7 Å². The van der Waals surface area contributed by atoms with Crippen molar-refractivity contribution < 1.29 is 5.11 Å². The lowest BCUT2D eigenvalue weighted by molar-refractivity contribution is 0.196. The lowest BCUT2D eigenvalue weighted by Crippen LogP contribution is -2.01. The molecule has 0 spiro atoms. The van der Waals surface area contributed by atoms with Crippen LogP contribution in [-0.4, -0.2) is 21.2 Å². The van der Waals surface area contributed by atoms with Crippen LogP contribution >= 0.6 is 11.3 Å². The Morgan fingerprint density at radius 2 is 2.33 bits per heavy atom. The lowest BCUT2D eigenvalue weighted by Gasteiger charge is -1.98. The van der Waals surface area contributed by atoms with Gasteiger partial charge >= 0.3 is 0 Å². The molecule has 1 unspecified atom stereocenters. The minimum Gasteiger partial charge on any atom is -0.393 e. The van der Waals surface area contributed by atoms with Crippen LogP contribution < -0.4 is 0 Å². The monoisotopic (exact) mass is 220 g/mol. The summed E-state index contributed by atoms with van der Waals surface area (Å²) < 4.78 is 0. The molecule has 0 aliphatic rings. The van der Waals surface area contributed by atoms with Gasteiger partial charge in [0.2, 0.25) is 0 Å². The van der Waals surface area contributed by atoms with E-state index in [1.807, 2.05) is 18.3 Å². The van der Waals surface area contributed by atoms with Crippen LogP contribution in [0.3, 0.4) is 0 Å². The van der Waals surface area contributed by atoms with Gasteiger partial charge in [-0.2, -0.15) is 0 Å². The third kappa shape index (κ3) is 2.61. The van der Waals surface area contributed by atoms with Crippen molar-refractivity contribution in [3.8, 4) is 10.6 Å². The van der Waals surface area contributed by atoms with E-state index in [-0.39, 0.29) is 6.10 Å². The molecule has 3 nitrogen and oxygen atoms in total. The van der Waals surface area contributed by atoms with Crippen LogP contribution in [0.2, 0.25) is 0 Å². The van der Waals surface area contributed by atoms with Crippen LogP contribution in [0, 0.1) is 0 Å². The number of hydrogen-bond acceptors (Lipinski definition) is 4. The highest BCUT2D eigenvalue weighted by Gasteiger charge is 2.06. The van der Waals surface area contributed by atoms with Crippen molar-refractivity contribution in [1.82, 2.24) is 9.97 Å². The third-order valence-electron chi connectivity index (χ3n) is 1.96. The van der Waals surface area contributed by atoms with Crippen molar-refractivity contribution >= 4 is 11.3 Å². The van der Waals surface area contributed by atoms with E-state index >= 15 is 0 Å². The molecule has 0 bridgehead atoms. The van der Waals surface area contributed by atoms with Crippen LogP contribution in [0.25, 0.3) is 10.6 Å². The van der Waals surface area contributed by atoms with E-state index < -0.39 is 0 Å². The molecule has 4 heteroatoms. The Hall–Kier alpha value is -1.26. The molecule has 2 rings (SSSR count). The molecule has 1 N–H and O–H groups in total. The van der Waals surface area contributed by atoms with Crippen LogP contribution in [0.5, 0.6) is 0 Å². The average Bonchev–Trinajstić information content (AvgIpc) is 2.67. The smallest absolute Gasteiger partial charge is 0.125 e. The molecule has 2 heterocycles. The summed E-state index contributed by atoms with van der Waals surface area (Å²) in [7, 11) is 0. The summed E-state index contributed by atoms with van der Waals surface area (Å²) in [6, 6.07) is 3.88. The van der Waals surface area contributed by atoms with Crippen molar-refractivity contribution in [2.75, 3.05) is 0 Å². The van der Waals surface area contributed by atoms with Crippen LogP contribution in [0.1, 0.15) is 11.8 Å². The second-order valence-corrected chi connectivity index (χ2v) is 4.54. The van der Waals surface area contributed by atoms with Crippen LogP contribution in [0.4, 0.5) is 0 Å². The zero-order valence-electron chi connectivity index (χ0n) is 8.42. The molecule has 0 aliphatic heterocycles. The van der Waals surface area contributed by atoms with Gasteiger partial charge in [-0.1, -0.05) is 0 Å². The Labute approximate surface area is 92.5 Å². The maximum absolute atomic E-state index is 9.25. The first-order chi connectivity index (χ1) is 7.25. The largest absolute Gasteiger partial charge is 0.393 e. The second-order valence-electron chi connectivity index (χ2n) is 3.43. The first-order valence-corrected chi connectivity index (χ1v) is 5.60. The SMILES string of the molecule is CC(O)Cc1cnc(-c2cccnc2)s1. The molecule has 78 valence electrons. The number of aliphatic hydroxyl groups excluding tert-OH is 1. The first-order valence-electron chi connectivity index (χ1n) is 4.79. The number of aliphatic hydroxyl groups is 1. The van der Waals surface area contributed by atoms with Crippen molar-refractivity contribution in [3.63, 3.8) is 0 Å². The Morgan fingerprint density at radius 3 is 3.00 bits per heavy atom. The molecule has 2 aromatic heterocycles. The summed E-state index contributed by atoms with van der Waals surface area (Å²) >= 11 is 1.60. The quantitative estimate of drug-likeness (QED) is 0.862. The molecule has 0 aliphatic carbocycles. The fraction of sp³-hybridized carbons (Fsp3) is 0.273. The Kier molecular flexibility index (Phi) is 3.08. The summed E-state index contributed by atoms with van der Waals surface area (Å²) in [6.07, 6.45) is 5.71. The van der Waals surface area contributed by atoms with Gasteiger partial charge in [-0.15, -0.1) is 11.3 Å². The minimum absolute atomic E-state index is 0.313. The molecule has 0 radical (unpaired) electrons. The van der Waals surface area contributed by atoms with E-state index in [4.69, 9.17) is 0 Å². The summed E-state index contributed by atoms with van der Waals surface area (Å²) in [5.41, 5.74) is 1.03. The Balaban J connectivity index is 2.21. The molecular formula is C11H12N2OS. The first kappa shape index (κ1) is 10.3. The van der Waals surface area contributed by atoms with E-state index in [1.165, 1.54) is 0 Å². The lowest BCUT2D eigenvalue weighted by atomic mass is 10.3. The number of hydrogen-bond donors (Lipinski definition) is 1. The third-order valence-corrected chi connectivity index (χ3v) is 3.03. The predicted molar refractivity (Wildman–Crippen MR) is 60.7 cm³/mol. The normalized spacial score (nSPS) is 12.7. The highest BCUT2D eigenvalue weighted by atomic mass is 32.1. The Bertz CT molecular complexity index is 425. The fourth-order valence-electron chi connectivity index (χ4n) is 1.32. The summed E-state index contributed by atoms with van der Waals surface area (Å²) in [6.45, 7) is 1.78. The van der Waals surface area contributed by atoms with Gasteiger partial charge < -0.3 is 5.11 Å². The standard InChI is InChI=1S/C11H12N2OS/c1-8(14)5-10-7-13-11(15-10)9-3-2-4-12-6-9/h2-4,6-8,14H,5H2,1H3. The van der Waals surface area contributed by atoms with Crippen LogP contribution in [-0.2, 0) is 6.42 Å². The fourth-order valence-corrected chi connectivity index (χ4v) is 2.34. The molecule has 0 saturated heterocycles. The van der Waals surface area contributed by atoms with Gasteiger partial charge in [0.05, 0.1) is 6.10 Å². The van der Waals surface area contributed by atoms with Crippen molar-refractivity contribution in [3.05, 3.63) is 35.6 Å². The van der Waals surface area contributed by atoms with Gasteiger partial charge in [0.25, 0.3) is 0 Å². The number of pyridine rings is 1. The molecule has 15 heavy (non-hydrogen) atoms. The summed E-state index contributed by atoms with van der Waals surface area (Å²) in [5, 5.41) is 10.2. The summed E-state index contributed by atoms with van der Waals surface area (Å²) in [5.74, 6) is 0. The maximum Gasteiger partial charge on any atom is 0.125 e. The molecule has 0 saturated carbocycles. The number of thiazole rings is 1. The second kappa shape index (κ2) is 4.51. The maximum atomic E-state index is 9.25. The van der Waals surface area contributed by atoms with E-state index in [0.717, 1.165) is 15.4 Å².